The summed E-state index contributed by atoms with van der Waals surface area (Å²) in [6.07, 6.45) is 0.374. The number of carbonyl (C=O) groups excluding carboxylic acids is 1. The van der Waals surface area contributed by atoms with E-state index >= 15 is 0 Å². The maximum absolute atomic E-state index is 11.6. The third-order valence-electron chi connectivity index (χ3n) is 2.27. The van der Waals surface area contributed by atoms with Gasteiger partial charge in [0.25, 0.3) is 0 Å². The number of amides is 1. The largest absolute Gasteiger partial charge is 0.374 e. The summed E-state index contributed by atoms with van der Waals surface area (Å²) in [5.41, 5.74) is 13.6. The number of nitrogen functional groups attached to an aromatic ring is 1. The molecule has 2 heterocycles. The molecule has 84 valence electrons. The monoisotopic (exact) mass is 239 g/mol. The minimum atomic E-state index is -0.0331. The number of aromatic nitrogens is 2. The average Bonchev–Trinajstić information content (AvgIpc) is 2.82. The molecule has 1 aromatic rings. The Morgan fingerprint density at radius 3 is 3.12 bits per heavy atom. The second-order valence-electron chi connectivity index (χ2n) is 3.41. The van der Waals surface area contributed by atoms with Gasteiger partial charge in [-0.3, -0.25) is 9.69 Å². The zero-order chi connectivity index (χ0) is 11.5. The van der Waals surface area contributed by atoms with Crippen LogP contribution >= 0.6 is 11.3 Å². The van der Waals surface area contributed by atoms with E-state index in [4.69, 9.17) is 11.3 Å². The summed E-state index contributed by atoms with van der Waals surface area (Å²) < 4.78 is 0. The van der Waals surface area contributed by atoms with Crippen molar-refractivity contribution in [2.45, 2.75) is 6.42 Å². The van der Waals surface area contributed by atoms with Gasteiger partial charge in [-0.1, -0.05) is 16.5 Å². The molecular weight excluding hydrogens is 230 g/mol. The van der Waals surface area contributed by atoms with Gasteiger partial charge in [-0.05, 0) is 11.4 Å². The van der Waals surface area contributed by atoms with Crippen LogP contribution in [-0.2, 0) is 4.79 Å². The van der Waals surface area contributed by atoms with Crippen molar-refractivity contribution in [2.75, 3.05) is 23.7 Å². The molecule has 1 aliphatic rings. The standard InChI is InChI=1S/C7H9N7OS/c8-6-11-12-7(16-6)14-3-4(1-5(14)15)2-10-13-9/h4H,1-3H2,(H2,8,11). The minimum Gasteiger partial charge on any atom is -0.374 e. The van der Waals surface area contributed by atoms with Crippen molar-refractivity contribution in [3.8, 4) is 0 Å². The highest BCUT2D eigenvalue weighted by Gasteiger charge is 2.32. The number of hydrogen-bond acceptors (Lipinski definition) is 6. The average molecular weight is 239 g/mol. The maximum atomic E-state index is 11.6. The van der Waals surface area contributed by atoms with E-state index < -0.39 is 0 Å². The molecule has 0 aromatic carbocycles. The lowest BCUT2D eigenvalue weighted by Gasteiger charge is -2.10. The van der Waals surface area contributed by atoms with Gasteiger partial charge in [-0.25, -0.2) is 0 Å². The van der Waals surface area contributed by atoms with Gasteiger partial charge in [0, 0.05) is 24.4 Å². The molecule has 2 rings (SSSR count). The molecule has 1 unspecified atom stereocenters. The van der Waals surface area contributed by atoms with Crippen LogP contribution in [0, 0.1) is 5.92 Å². The van der Waals surface area contributed by atoms with Crippen LogP contribution in [0.15, 0.2) is 5.11 Å². The van der Waals surface area contributed by atoms with Crippen molar-refractivity contribution in [3.05, 3.63) is 10.4 Å². The van der Waals surface area contributed by atoms with Crippen LogP contribution in [0.3, 0.4) is 0 Å². The molecule has 1 aromatic heterocycles. The van der Waals surface area contributed by atoms with Gasteiger partial charge in [0.05, 0.1) is 0 Å². The van der Waals surface area contributed by atoms with Crippen molar-refractivity contribution < 1.29 is 4.79 Å². The van der Waals surface area contributed by atoms with Crippen molar-refractivity contribution in [1.29, 1.82) is 0 Å². The quantitative estimate of drug-likeness (QED) is 0.476. The third-order valence-corrected chi connectivity index (χ3v) is 3.04. The molecule has 0 spiro atoms. The van der Waals surface area contributed by atoms with Gasteiger partial charge in [-0.15, -0.1) is 10.2 Å². The molecule has 1 fully saturated rings. The van der Waals surface area contributed by atoms with Crippen LogP contribution in [0.4, 0.5) is 10.3 Å². The molecule has 0 aliphatic carbocycles. The van der Waals surface area contributed by atoms with E-state index in [0.717, 1.165) is 0 Å². The van der Waals surface area contributed by atoms with E-state index in [1.54, 1.807) is 0 Å². The number of nitrogens with two attached hydrogens (primary N) is 1. The predicted molar refractivity (Wildman–Crippen MR) is 58.8 cm³/mol. The lowest BCUT2D eigenvalue weighted by molar-refractivity contribution is -0.117. The topological polar surface area (TPSA) is 121 Å². The fourth-order valence-corrected chi connectivity index (χ4v) is 2.21. The predicted octanol–water partition coefficient (Wildman–Crippen LogP) is 0.784. The molecule has 1 amide bonds. The molecule has 9 heteroatoms. The van der Waals surface area contributed by atoms with E-state index in [1.165, 1.54) is 16.2 Å². The van der Waals surface area contributed by atoms with E-state index in [2.05, 4.69) is 20.2 Å². The Morgan fingerprint density at radius 1 is 1.69 bits per heavy atom. The van der Waals surface area contributed by atoms with Gasteiger partial charge in [0.1, 0.15) is 0 Å². The summed E-state index contributed by atoms with van der Waals surface area (Å²) in [7, 11) is 0. The van der Waals surface area contributed by atoms with E-state index in [9.17, 15) is 4.79 Å². The van der Waals surface area contributed by atoms with Crippen LogP contribution < -0.4 is 10.6 Å². The third kappa shape index (κ3) is 2.05. The first-order valence-electron chi connectivity index (χ1n) is 4.61. The number of anilines is 2. The molecule has 8 nitrogen and oxygen atoms in total. The minimum absolute atomic E-state index is 0.0331. The summed E-state index contributed by atoms with van der Waals surface area (Å²) in [5.74, 6) is 0.0165. The zero-order valence-corrected chi connectivity index (χ0v) is 9.09. The van der Waals surface area contributed by atoms with Crippen molar-refractivity contribution in [2.24, 2.45) is 11.0 Å². The van der Waals surface area contributed by atoms with Crippen LogP contribution in [0.1, 0.15) is 6.42 Å². The Bertz CT molecular complexity index is 451. The van der Waals surface area contributed by atoms with Crippen molar-refractivity contribution in [1.82, 2.24) is 10.2 Å². The van der Waals surface area contributed by atoms with Crippen molar-refractivity contribution in [3.63, 3.8) is 0 Å². The first-order valence-corrected chi connectivity index (χ1v) is 5.42. The number of hydrogen-bond donors (Lipinski definition) is 1. The Morgan fingerprint density at radius 2 is 2.50 bits per heavy atom. The molecule has 0 saturated carbocycles. The summed E-state index contributed by atoms with van der Waals surface area (Å²) in [6, 6.07) is 0. The SMILES string of the molecule is [N-]=[N+]=NCC1CC(=O)N(c2nnc(N)s2)C1. The normalized spacial score (nSPS) is 19.9. The second kappa shape index (κ2) is 4.33. The highest BCUT2D eigenvalue weighted by atomic mass is 32.1. The molecule has 1 saturated heterocycles. The molecule has 1 aliphatic heterocycles. The Labute approximate surface area is 94.7 Å². The second-order valence-corrected chi connectivity index (χ2v) is 4.40. The van der Waals surface area contributed by atoms with E-state index in [1.807, 2.05) is 0 Å². The molecular formula is C7H9N7OS. The summed E-state index contributed by atoms with van der Waals surface area (Å²) in [5, 5.41) is 11.8. The van der Waals surface area contributed by atoms with E-state index in [0.29, 0.717) is 29.8 Å². The number of carbonyl (C=O) groups is 1. The molecule has 2 N–H and O–H groups in total. The number of nitrogens with zero attached hydrogens (tertiary/aromatic N) is 6. The number of rotatable bonds is 3. The van der Waals surface area contributed by atoms with Gasteiger partial charge >= 0.3 is 0 Å². The molecule has 16 heavy (non-hydrogen) atoms. The first kappa shape index (κ1) is 10.7. The highest BCUT2D eigenvalue weighted by molar-refractivity contribution is 7.19. The Kier molecular flexibility index (Phi) is 2.88. The highest BCUT2D eigenvalue weighted by Crippen LogP contribution is 2.28. The zero-order valence-electron chi connectivity index (χ0n) is 8.28. The van der Waals surface area contributed by atoms with Gasteiger partial charge in [0.15, 0.2) is 0 Å². The Hall–Kier alpha value is -1.86. The van der Waals surface area contributed by atoms with Crippen LogP contribution in [0.25, 0.3) is 10.4 Å². The van der Waals surface area contributed by atoms with Crippen molar-refractivity contribution >= 4 is 27.5 Å². The summed E-state index contributed by atoms with van der Waals surface area (Å²) >= 11 is 1.17. The fraction of sp³-hybridized carbons (Fsp3) is 0.571. The molecule has 0 bridgehead atoms. The maximum Gasteiger partial charge on any atom is 0.229 e. The van der Waals surface area contributed by atoms with E-state index in [-0.39, 0.29) is 11.8 Å². The molecule has 0 radical (unpaired) electrons. The lowest BCUT2D eigenvalue weighted by Crippen LogP contribution is -2.24. The van der Waals surface area contributed by atoms with Crippen LogP contribution in [0.2, 0.25) is 0 Å². The summed E-state index contributed by atoms with van der Waals surface area (Å²) in [4.78, 5) is 15.9. The summed E-state index contributed by atoms with van der Waals surface area (Å²) in [6.45, 7) is 0.833. The smallest absolute Gasteiger partial charge is 0.229 e. The lowest BCUT2D eigenvalue weighted by atomic mass is 10.1. The van der Waals surface area contributed by atoms with Crippen LogP contribution in [-0.4, -0.2) is 29.2 Å². The van der Waals surface area contributed by atoms with Gasteiger partial charge < -0.3 is 5.73 Å². The first-order chi connectivity index (χ1) is 7.70. The van der Waals surface area contributed by atoms with Gasteiger partial charge in [-0.2, -0.15) is 0 Å². The fourth-order valence-electron chi connectivity index (χ4n) is 1.58. The van der Waals surface area contributed by atoms with Gasteiger partial charge in [0.2, 0.25) is 16.2 Å². The number of azide groups is 1. The van der Waals surface area contributed by atoms with Crippen LogP contribution in [0.5, 0.6) is 0 Å². The Balaban J connectivity index is 2.07. The molecule has 1 atom stereocenters.